The van der Waals surface area contributed by atoms with Gasteiger partial charge in [0.15, 0.2) is 0 Å². The minimum Gasteiger partial charge on any atom is -0.356 e. The number of urea groups is 1. The predicted molar refractivity (Wildman–Crippen MR) is 101 cm³/mol. The molecule has 6 nitrogen and oxygen atoms in total. The molecule has 0 unspecified atom stereocenters. The molecule has 0 radical (unpaired) electrons. The normalized spacial score (nSPS) is 14.1. The van der Waals surface area contributed by atoms with Crippen molar-refractivity contribution >= 4 is 17.6 Å². The van der Waals surface area contributed by atoms with Crippen molar-refractivity contribution in [3.05, 3.63) is 29.3 Å². The molecule has 1 aromatic carbocycles. The maximum atomic E-state index is 12.1. The van der Waals surface area contributed by atoms with E-state index in [4.69, 9.17) is 0 Å². The van der Waals surface area contributed by atoms with Gasteiger partial charge in [0, 0.05) is 37.8 Å². The fourth-order valence-corrected chi connectivity index (χ4v) is 2.93. The number of likely N-dealkylation sites (N-methyl/N-ethyl adjacent to an activating group) is 1. The summed E-state index contributed by atoms with van der Waals surface area (Å²) < 4.78 is 0. The van der Waals surface area contributed by atoms with Gasteiger partial charge in [0.2, 0.25) is 5.91 Å². The van der Waals surface area contributed by atoms with Gasteiger partial charge in [0.05, 0.1) is 0 Å². The van der Waals surface area contributed by atoms with Gasteiger partial charge >= 0.3 is 6.03 Å². The molecule has 25 heavy (non-hydrogen) atoms. The molecule has 0 aromatic heterocycles. The topological polar surface area (TPSA) is 73.5 Å². The van der Waals surface area contributed by atoms with Crippen LogP contribution < -0.4 is 16.0 Å². The Morgan fingerprint density at radius 2 is 1.96 bits per heavy atom. The number of carbonyl (C=O) groups is 2. The Morgan fingerprint density at radius 1 is 1.20 bits per heavy atom. The van der Waals surface area contributed by atoms with Crippen molar-refractivity contribution in [2.75, 3.05) is 31.5 Å². The molecule has 6 heteroatoms. The number of carbonyl (C=O) groups excluding carboxylic acids is 2. The van der Waals surface area contributed by atoms with E-state index < -0.39 is 0 Å². The van der Waals surface area contributed by atoms with Crippen molar-refractivity contribution in [1.82, 2.24) is 15.5 Å². The second-order valence-electron chi connectivity index (χ2n) is 6.74. The van der Waals surface area contributed by atoms with E-state index in [1.165, 1.54) is 11.1 Å². The summed E-state index contributed by atoms with van der Waals surface area (Å²) in [5.41, 5.74) is 3.44. The van der Waals surface area contributed by atoms with E-state index in [-0.39, 0.29) is 17.9 Å². The zero-order chi connectivity index (χ0) is 18.2. The lowest BCUT2D eigenvalue weighted by atomic mass is 9.98. The molecule has 138 valence electrons. The van der Waals surface area contributed by atoms with Crippen LogP contribution in [0.3, 0.4) is 0 Å². The second kappa shape index (κ2) is 9.42. The molecule has 3 N–H and O–H groups in total. The van der Waals surface area contributed by atoms with Gasteiger partial charge in [0.1, 0.15) is 0 Å². The zero-order valence-corrected chi connectivity index (χ0v) is 15.5. The van der Waals surface area contributed by atoms with Crippen LogP contribution >= 0.6 is 0 Å². The van der Waals surface area contributed by atoms with Crippen LogP contribution in [0.25, 0.3) is 0 Å². The molecule has 0 aliphatic carbocycles. The smallest absolute Gasteiger partial charge is 0.319 e. The van der Waals surface area contributed by atoms with Gasteiger partial charge in [-0.1, -0.05) is 32.9 Å². The van der Waals surface area contributed by atoms with Crippen molar-refractivity contribution in [2.24, 2.45) is 5.92 Å². The Kier molecular flexibility index (Phi) is 7.25. The van der Waals surface area contributed by atoms with Gasteiger partial charge in [-0.25, -0.2) is 4.79 Å². The number of hydrogen-bond acceptors (Lipinski definition) is 3. The van der Waals surface area contributed by atoms with Gasteiger partial charge < -0.3 is 16.0 Å². The molecule has 3 amide bonds. The van der Waals surface area contributed by atoms with E-state index in [0.29, 0.717) is 19.5 Å². The molecule has 0 bridgehead atoms. The first kappa shape index (κ1) is 19.2. The highest BCUT2D eigenvalue weighted by Gasteiger charge is 2.18. The molecule has 0 spiro atoms. The van der Waals surface area contributed by atoms with Crippen LogP contribution in [-0.4, -0.2) is 43.0 Å². The van der Waals surface area contributed by atoms with E-state index in [0.717, 1.165) is 31.7 Å². The number of nitrogens with zero attached hydrogens (tertiary/aromatic N) is 1. The van der Waals surface area contributed by atoms with Crippen LogP contribution in [0.15, 0.2) is 18.2 Å². The number of hydrogen-bond donors (Lipinski definition) is 3. The lowest BCUT2D eigenvalue weighted by Gasteiger charge is -2.29. The monoisotopic (exact) mass is 346 g/mol. The Bertz CT molecular complexity index is 601. The molecule has 1 heterocycles. The van der Waals surface area contributed by atoms with Crippen LogP contribution in [0.5, 0.6) is 0 Å². The number of rotatable bonds is 7. The molecule has 0 saturated carbocycles. The standard InChI is InChI=1S/C19H30N4O2/c1-4-23-12-9-16-15(13-23)7-5-8-17(16)22-19(25)21-11-6-10-20-18(24)14(2)3/h5,7-8,14H,4,6,9-13H2,1-3H3,(H,20,24)(H2,21,22,25). The fraction of sp³-hybridized carbons (Fsp3) is 0.579. The van der Waals surface area contributed by atoms with Crippen molar-refractivity contribution in [3.63, 3.8) is 0 Å². The highest BCUT2D eigenvalue weighted by atomic mass is 16.2. The molecule has 1 aliphatic heterocycles. The summed E-state index contributed by atoms with van der Waals surface area (Å²) in [6.45, 7) is 10.0. The number of amides is 3. The average Bonchev–Trinajstić information content (AvgIpc) is 2.60. The highest BCUT2D eigenvalue weighted by molar-refractivity contribution is 5.90. The summed E-state index contributed by atoms with van der Waals surface area (Å²) in [7, 11) is 0. The van der Waals surface area contributed by atoms with Crippen molar-refractivity contribution in [2.45, 2.75) is 40.2 Å². The molecule has 1 aromatic rings. The molecular weight excluding hydrogens is 316 g/mol. The van der Waals surface area contributed by atoms with Gasteiger partial charge in [-0.3, -0.25) is 9.69 Å². The first-order chi connectivity index (χ1) is 12.0. The van der Waals surface area contributed by atoms with E-state index in [9.17, 15) is 9.59 Å². The minimum atomic E-state index is -0.193. The van der Waals surface area contributed by atoms with Crippen LogP contribution in [0.1, 0.15) is 38.3 Å². The largest absolute Gasteiger partial charge is 0.356 e. The lowest BCUT2D eigenvalue weighted by molar-refractivity contribution is -0.123. The fourth-order valence-electron chi connectivity index (χ4n) is 2.93. The Labute approximate surface area is 150 Å². The number of fused-ring (bicyclic) bond motifs is 1. The summed E-state index contributed by atoms with van der Waals surface area (Å²) >= 11 is 0. The average molecular weight is 346 g/mol. The predicted octanol–water partition coefficient (Wildman–Crippen LogP) is 2.35. The highest BCUT2D eigenvalue weighted by Crippen LogP contribution is 2.25. The van der Waals surface area contributed by atoms with E-state index in [1.807, 2.05) is 26.0 Å². The van der Waals surface area contributed by atoms with E-state index in [2.05, 4.69) is 33.8 Å². The third-order valence-corrected chi connectivity index (χ3v) is 4.50. The zero-order valence-electron chi connectivity index (χ0n) is 15.5. The van der Waals surface area contributed by atoms with Gasteiger partial charge in [-0.2, -0.15) is 0 Å². The van der Waals surface area contributed by atoms with Crippen molar-refractivity contribution < 1.29 is 9.59 Å². The van der Waals surface area contributed by atoms with Gasteiger partial charge in [-0.15, -0.1) is 0 Å². The summed E-state index contributed by atoms with van der Waals surface area (Å²) in [4.78, 5) is 26.0. The van der Waals surface area contributed by atoms with E-state index in [1.54, 1.807) is 0 Å². The van der Waals surface area contributed by atoms with Gasteiger partial charge in [0.25, 0.3) is 0 Å². The summed E-state index contributed by atoms with van der Waals surface area (Å²) in [5.74, 6) is 0.0330. The number of nitrogens with one attached hydrogen (secondary N) is 3. The minimum absolute atomic E-state index is 0.0100. The van der Waals surface area contributed by atoms with Crippen LogP contribution in [0.4, 0.5) is 10.5 Å². The molecular formula is C19H30N4O2. The Morgan fingerprint density at radius 3 is 2.68 bits per heavy atom. The third-order valence-electron chi connectivity index (χ3n) is 4.50. The van der Waals surface area contributed by atoms with Gasteiger partial charge in [-0.05, 0) is 36.6 Å². The first-order valence-corrected chi connectivity index (χ1v) is 9.17. The summed E-state index contributed by atoms with van der Waals surface area (Å²) in [6.07, 6.45) is 1.67. The number of benzene rings is 1. The second-order valence-corrected chi connectivity index (χ2v) is 6.74. The molecule has 0 atom stereocenters. The third kappa shape index (κ3) is 5.74. The maximum Gasteiger partial charge on any atom is 0.319 e. The number of anilines is 1. The Balaban J connectivity index is 1.77. The first-order valence-electron chi connectivity index (χ1n) is 9.17. The van der Waals surface area contributed by atoms with E-state index >= 15 is 0 Å². The van der Waals surface area contributed by atoms with Crippen molar-refractivity contribution in [1.29, 1.82) is 0 Å². The van der Waals surface area contributed by atoms with Crippen molar-refractivity contribution in [3.8, 4) is 0 Å². The molecule has 2 rings (SSSR count). The molecule has 0 saturated heterocycles. The summed E-state index contributed by atoms with van der Waals surface area (Å²) in [6, 6.07) is 5.90. The Hall–Kier alpha value is -2.08. The SMILES string of the molecule is CCN1CCc2c(cccc2NC(=O)NCCCNC(=O)C(C)C)C1. The lowest BCUT2D eigenvalue weighted by Crippen LogP contribution is -2.34. The quantitative estimate of drug-likeness (QED) is 0.664. The maximum absolute atomic E-state index is 12.1. The van der Waals surface area contributed by atoms with Crippen LogP contribution in [-0.2, 0) is 17.8 Å². The van der Waals surface area contributed by atoms with Crippen LogP contribution in [0, 0.1) is 5.92 Å². The summed E-state index contributed by atoms with van der Waals surface area (Å²) in [5, 5.41) is 8.65. The molecule has 1 aliphatic rings. The molecule has 0 fully saturated rings. The van der Waals surface area contributed by atoms with Crippen LogP contribution in [0.2, 0.25) is 0 Å².